The van der Waals surface area contributed by atoms with Gasteiger partial charge in [-0.05, 0) is 48.7 Å². The lowest BCUT2D eigenvalue weighted by molar-refractivity contribution is 0.172. The second kappa shape index (κ2) is 8.70. The van der Waals surface area contributed by atoms with Crippen LogP contribution in [0.15, 0.2) is 35.7 Å². The van der Waals surface area contributed by atoms with Crippen molar-refractivity contribution in [2.75, 3.05) is 27.7 Å². The Morgan fingerprint density at radius 1 is 1.29 bits per heavy atom. The Labute approximate surface area is 147 Å². The zero-order valence-electron chi connectivity index (χ0n) is 14.5. The standard InChI is InChI=1S/C18H24N2O3S/c1-13-11-17(24-12-13)22-10-9-16(19-2)14-5-7-15(8-6-14)23-18(21)20(3)4/h5-8,11-12,16,19H,9-10H2,1-4H3/t16-/m1/s1. The Morgan fingerprint density at radius 3 is 2.54 bits per heavy atom. The monoisotopic (exact) mass is 348 g/mol. The highest BCUT2D eigenvalue weighted by molar-refractivity contribution is 7.12. The van der Waals surface area contributed by atoms with E-state index >= 15 is 0 Å². The molecule has 0 spiro atoms. The van der Waals surface area contributed by atoms with E-state index in [4.69, 9.17) is 9.47 Å². The van der Waals surface area contributed by atoms with E-state index in [2.05, 4.69) is 17.6 Å². The van der Waals surface area contributed by atoms with Gasteiger partial charge in [-0.1, -0.05) is 12.1 Å². The molecule has 1 aromatic heterocycles. The van der Waals surface area contributed by atoms with E-state index in [0.29, 0.717) is 12.4 Å². The minimum atomic E-state index is -0.382. The molecule has 1 heterocycles. The molecule has 0 unspecified atom stereocenters. The first kappa shape index (κ1) is 18.3. The van der Waals surface area contributed by atoms with Crippen molar-refractivity contribution in [3.63, 3.8) is 0 Å². The van der Waals surface area contributed by atoms with Crippen LogP contribution in [0.25, 0.3) is 0 Å². The zero-order valence-corrected chi connectivity index (χ0v) is 15.4. The molecule has 2 rings (SSSR count). The van der Waals surface area contributed by atoms with Gasteiger partial charge in [0.25, 0.3) is 0 Å². The third kappa shape index (κ3) is 5.25. The van der Waals surface area contributed by atoms with Crippen LogP contribution in [0.3, 0.4) is 0 Å². The molecule has 2 aromatic rings. The molecule has 0 aliphatic carbocycles. The maximum Gasteiger partial charge on any atom is 0.414 e. The Morgan fingerprint density at radius 2 is 2.00 bits per heavy atom. The number of hydrogen-bond acceptors (Lipinski definition) is 5. The maximum absolute atomic E-state index is 11.5. The van der Waals surface area contributed by atoms with E-state index in [1.807, 2.05) is 37.4 Å². The van der Waals surface area contributed by atoms with Crippen LogP contribution in [0.2, 0.25) is 0 Å². The van der Waals surface area contributed by atoms with Gasteiger partial charge < -0.3 is 19.7 Å². The van der Waals surface area contributed by atoms with Crippen LogP contribution in [0.5, 0.6) is 10.8 Å². The van der Waals surface area contributed by atoms with Gasteiger partial charge in [0, 0.05) is 26.6 Å². The lowest BCUT2D eigenvalue weighted by Gasteiger charge is -2.17. The number of carbonyl (C=O) groups excluding carboxylic acids is 1. The van der Waals surface area contributed by atoms with Gasteiger partial charge in [0.05, 0.1) is 6.61 Å². The number of benzene rings is 1. The van der Waals surface area contributed by atoms with Gasteiger partial charge in [-0.25, -0.2) is 4.79 Å². The summed E-state index contributed by atoms with van der Waals surface area (Å²) in [6, 6.07) is 9.79. The Balaban J connectivity index is 1.88. The van der Waals surface area contributed by atoms with Crippen molar-refractivity contribution < 1.29 is 14.3 Å². The average Bonchev–Trinajstić information content (AvgIpc) is 2.98. The summed E-state index contributed by atoms with van der Waals surface area (Å²) in [6.07, 6.45) is 0.470. The first-order valence-electron chi connectivity index (χ1n) is 7.84. The number of nitrogens with one attached hydrogen (secondary N) is 1. The summed E-state index contributed by atoms with van der Waals surface area (Å²) < 4.78 is 11.0. The number of aryl methyl sites for hydroxylation is 1. The van der Waals surface area contributed by atoms with E-state index in [9.17, 15) is 4.79 Å². The molecule has 5 nitrogen and oxygen atoms in total. The van der Waals surface area contributed by atoms with E-state index in [0.717, 1.165) is 17.0 Å². The second-order valence-electron chi connectivity index (χ2n) is 5.75. The Bertz CT molecular complexity index is 653. The second-order valence-corrected chi connectivity index (χ2v) is 6.63. The Kier molecular flexibility index (Phi) is 6.63. The molecule has 6 heteroatoms. The molecule has 0 aliphatic heterocycles. The highest BCUT2D eigenvalue weighted by Crippen LogP contribution is 2.24. The maximum atomic E-state index is 11.5. The summed E-state index contributed by atoms with van der Waals surface area (Å²) in [5, 5.41) is 6.33. The Hall–Kier alpha value is -2.05. The first-order chi connectivity index (χ1) is 11.5. The molecular weight excluding hydrogens is 324 g/mol. The van der Waals surface area contributed by atoms with Gasteiger partial charge in [0.2, 0.25) is 0 Å². The first-order valence-corrected chi connectivity index (χ1v) is 8.72. The molecule has 0 saturated carbocycles. The van der Waals surface area contributed by atoms with Crippen molar-refractivity contribution >= 4 is 17.4 Å². The van der Waals surface area contributed by atoms with Crippen LogP contribution in [0.1, 0.15) is 23.6 Å². The fraction of sp³-hybridized carbons (Fsp3) is 0.389. The summed E-state index contributed by atoms with van der Waals surface area (Å²) in [6.45, 7) is 2.70. The summed E-state index contributed by atoms with van der Waals surface area (Å²) in [5.41, 5.74) is 2.36. The topological polar surface area (TPSA) is 50.8 Å². The predicted octanol–water partition coefficient (Wildman–Crippen LogP) is 3.85. The van der Waals surface area contributed by atoms with E-state index in [-0.39, 0.29) is 12.1 Å². The number of carbonyl (C=O) groups is 1. The molecule has 1 atom stereocenters. The largest absolute Gasteiger partial charge is 0.484 e. The minimum Gasteiger partial charge on any atom is -0.484 e. The number of ether oxygens (including phenoxy) is 2. The molecule has 1 N–H and O–H groups in total. The molecule has 0 radical (unpaired) electrons. The number of rotatable bonds is 7. The van der Waals surface area contributed by atoms with Crippen LogP contribution in [0.4, 0.5) is 4.79 Å². The van der Waals surface area contributed by atoms with E-state index in [1.165, 1.54) is 10.5 Å². The van der Waals surface area contributed by atoms with Crippen LogP contribution in [0, 0.1) is 6.92 Å². The van der Waals surface area contributed by atoms with Gasteiger partial charge in [-0.2, -0.15) is 0 Å². The van der Waals surface area contributed by atoms with Gasteiger partial charge in [-0.15, -0.1) is 11.3 Å². The summed E-state index contributed by atoms with van der Waals surface area (Å²) in [5.74, 6) is 0.539. The van der Waals surface area contributed by atoms with Crippen molar-refractivity contribution in [3.8, 4) is 10.8 Å². The highest BCUT2D eigenvalue weighted by Gasteiger charge is 2.11. The van der Waals surface area contributed by atoms with E-state index < -0.39 is 0 Å². The van der Waals surface area contributed by atoms with Crippen molar-refractivity contribution in [2.45, 2.75) is 19.4 Å². The van der Waals surface area contributed by atoms with Gasteiger partial charge in [0.15, 0.2) is 5.06 Å². The summed E-state index contributed by atoms with van der Waals surface area (Å²) in [7, 11) is 5.24. The zero-order chi connectivity index (χ0) is 17.5. The molecule has 130 valence electrons. The van der Waals surface area contributed by atoms with Gasteiger partial charge in [0.1, 0.15) is 5.75 Å². The quantitative estimate of drug-likeness (QED) is 0.826. The van der Waals surface area contributed by atoms with Gasteiger partial charge in [-0.3, -0.25) is 0 Å². The van der Waals surface area contributed by atoms with E-state index in [1.54, 1.807) is 25.4 Å². The molecular formula is C18H24N2O3S. The molecule has 0 bridgehead atoms. The molecule has 0 fully saturated rings. The third-order valence-electron chi connectivity index (χ3n) is 3.56. The lowest BCUT2D eigenvalue weighted by atomic mass is 10.0. The summed E-state index contributed by atoms with van der Waals surface area (Å²) in [4.78, 5) is 12.9. The van der Waals surface area contributed by atoms with Crippen molar-refractivity contribution in [3.05, 3.63) is 46.8 Å². The SMILES string of the molecule is CN[C@H](CCOc1cc(C)cs1)c1ccc(OC(=O)N(C)C)cc1. The molecule has 1 amide bonds. The van der Waals surface area contributed by atoms with Crippen molar-refractivity contribution in [1.82, 2.24) is 10.2 Å². The van der Waals surface area contributed by atoms with Crippen LogP contribution in [-0.2, 0) is 0 Å². The number of amides is 1. The smallest absolute Gasteiger partial charge is 0.414 e. The number of hydrogen-bond donors (Lipinski definition) is 1. The number of thiophene rings is 1. The fourth-order valence-corrected chi connectivity index (χ4v) is 2.97. The van der Waals surface area contributed by atoms with Crippen molar-refractivity contribution in [2.24, 2.45) is 0 Å². The third-order valence-corrected chi connectivity index (χ3v) is 4.52. The minimum absolute atomic E-state index is 0.185. The number of nitrogens with zero attached hydrogens (tertiary/aromatic N) is 1. The molecule has 0 saturated heterocycles. The van der Waals surface area contributed by atoms with Crippen LogP contribution >= 0.6 is 11.3 Å². The van der Waals surface area contributed by atoms with Crippen LogP contribution in [-0.4, -0.2) is 38.7 Å². The molecule has 0 aliphatic rings. The summed E-state index contributed by atoms with van der Waals surface area (Å²) >= 11 is 1.62. The van der Waals surface area contributed by atoms with Crippen LogP contribution < -0.4 is 14.8 Å². The molecule has 24 heavy (non-hydrogen) atoms. The normalized spacial score (nSPS) is 11.8. The fourth-order valence-electron chi connectivity index (χ4n) is 2.20. The average molecular weight is 348 g/mol. The predicted molar refractivity (Wildman–Crippen MR) is 97.1 cm³/mol. The molecule has 1 aromatic carbocycles. The van der Waals surface area contributed by atoms with Crippen molar-refractivity contribution in [1.29, 1.82) is 0 Å². The van der Waals surface area contributed by atoms with Gasteiger partial charge >= 0.3 is 6.09 Å². The lowest BCUT2D eigenvalue weighted by Crippen LogP contribution is -2.25. The highest BCUT2D eigenvalue weighted by atomic mass is 32.1.